The highest BCUT2D eigenvalue weighted by atomic mass is 32.2. The smallest absolute Gasteiger partial charge is 0.375 e. The molecule has 0 aliphatic rings. The van der Waals surface area contributed by atoms with Crippen molar-refractivity contribution in [3.63, 3.8) is 0 Å². The maximum absolute atomic E-state index is 13.0. The minimum absolute atomic E-state index is 0.267. The molecule has 0 heterocycles. The molecule has 7 heteroatoms. The van der Waals surface area contributed by atoms with Gasteiger partial charge in [0, 0.05) is 5.39 Å². The lowest BCUT2D eigenvalue weighted by atomic mass is 9.89. The van der Waals surface area contributed by atoms with Crippen LogP contribution in [0.5, 0.6) is 5.75 Å². The summed E-state index contributed by atoms with van der Waals surface area (Å²) >= 11 is 0. The molecule has 0 fully saturated rings. The van der Waals surface area contributed by atoms with Crippen molar-refractivity contribution in [1.29, 1.82) is 0 Å². The molecule has 4 rings (SSSR count). The van der Waals surface area contributed by atoms with Crippen LogP contribution < -0.4 is 4.18 Å². The maximum atomic E-state index is 13.0. The molecule has 30 heavy (non-hydrogen) atoms. The molecule has 0 saturated carbocycles. The summed E-state index contributed by atoms with van der Waals surface area (Å²) in [5.74, 6) is -0.374. The van der Waals surface area contributed by atoms with Crippen molar-refractivity contribution in [2.45, 2.75) is 5.51 Å². The summed E-state index contributed by atoms with van der Waals surface area (Å²) in [5.41, 5.74) is -2.63. The zero-order chi connectivity index (χ0) is 21.4. The summed E-state index contributed by atoms with van der Waals surface area (Å²) < 4.78 is 66.9. The number of fused-ring (bicyclic) bond motifs is 1. The van der Waals surface area contributed by atoms with Gasteiger partial charge in [0.05, 0.1) is 0 Å². The van der Waals surface area contributed by atoms with Gasteiger partial charge < -0.3 is 4.18 Å². The van der Waals surface area contributed by atoms with E-state index in [-0.39, 0.29) is 11.1 Å². The third kappa shape index (κ3) is 3.64. The van der Waals surface area contributed by atoms with Gasteiger partial charge >= 0.3 is 15.6 Å². The van der Waals surface area contributed by atoms with Gasteiger partial charge in [-0.3, -0.25) is 0 Å². The standard InChI is InChI=1S/C23H15F3O3S/c24-23(25,26)30(27,28)29-21-15-20(16-9-3-1-4-10-16)22(17-11-5-2-6-12-17)19-14-8-7-13-18(19)21/h1-15H. The second-order valence-electron chi connectivity index (χ2n) is 6.56. The van der Waals surface area contributed by atoms with E-state index in [0.29, 0.717) is 10.9 Å². The van der Waals surface area contributed by atoms with Crippen molar-refractivity contribution in [3.05, 3.63) is 91.0 Å². The molecule has 0 spiro atoms. The molecule has 3 nitrogen and oxygen atoms in total. The number of hydrogen-bond donors (Lipinski definition) is 0. The molecule has 4 aromatic carbocycles. The minimum atomic E-state index is -5.82. The normalized spacial score (nSPS) is 12.1. The summed E-state index contributed by atoms with van der Waals surface area (Å²) in [6.45, 7) is 0. The van der Waals surface area contributed by atoms with Crippen molar-refractivity contribution in [1.82, 2.24) is 0 Å². The molecule has 0 saturated heterocycles. The molecule has 0 aliphatic carbocycles. The van der Waals surface area contributed by atoms with Crippen molar-refractivity contribution >= 4 is 20.9 Å². The van der Waals surface area contributed by atoms with E-state index in [1.165, 1.54) is 12.1 Å². The summed E-state index contributed by atoms with van der Waals surface area (Å²) in [4.78, 5) is 0. The highest BCUT2D eigenvalue weighted by molar-refractivity contribution is 7.88. The molecule has 152 valence electrons. The fraction of sp³-hybridized carbons (Fsp3) is 0.0435. The quantitative estimate of drug-likeness (QED) is 0.279. The first-order valence-electron chi connectivity index (χ1n) is 8.95. The monoisotopic (exact) mass is 428 g/mol. The molecule has 0 atom stereocenters. The van der Waals surface area contributed by atoms with Gasteiger partial charge in [-0.1, -0.05) is 84.9 Å². The lowest BCUT2D eigenvalue weighted by Gasteiger charge is -2.18. The Labute approximate surface area is 171 Å². The predicted molar refractivity (Wildman–Crippen MR) is 110 cm³/mol. The maximum Gasteiger partial charge on any atom is 0.534 e. The van der Waals surface area contributed by atoms with E-state index in [9.17, 15) is 21.6 Å². The average molecular weight is 428 g/mol. The Morgan fingerprint density at radius 3 is 1.73 bits per heavy atom. The first-order valence-corrected chi connectivity index (χ1v) is 10.4. The number of hydrogen-bond acceptors (Lipinski definition) is 3. The van der Waals surface area contributed by atoms with Crippen molar-refractivity contribution < 1.29 is 25.8 Å². The van der Waals surface area contributed by atoms with Gasteiger partial charge in [-0.15, -0.1) is 0 Å². The Morgan fingerprint density at radius 2 is 1.17 bits per heavy atom. The van der Waals surface area contributed by atoms with Crippen LogP contribution in [0.25, 0.3) is 33.0 Å². The zero-order valence-corrected chi connectivity index (χ0v) is 16.2. The van der Waals surface area contributed by atoms with Crippen LogP contribution in [0.2, 0.25) is 0 Å². The van der Waals surface area contributed by atoms with Gasteiger partial charge in [-0.2, -0.15) is 21.6 Å². The Bertz CT molecular complexity index is 1300. The van der Waals surface area contributed by atoms with E-state index >= 15 is 0 Å². The topological polar surface area (TPSA) is 43.4 Å². The fourth-order valence-corrected chi connectivity index (χ4v) is 3.81. The Morgan fingerprint density at radius 1 is 0.667 bits per heavy atom. The molecule has 0 amide bonds. The van der Waals surface area contributed by atoms with Gasteiger partial charge in [0.1, 0.15) is 0 Å². The van der Waals surface area contributed by atoms with E-state index in [4.69, 9.17) is 0 Å². The first kappa shape index (κ1) is 20.0. The van der Waals surface area contributed by atoms with Crippen LogP contribution in [0.3, 0.4) is 0 Å². The third-order valence-electron chi connectivity index (χ3n) is 4.64. The molecule has 4 aromatic rings. The number of alkyl halides is 3. The van der Waals surface area contributed by atoms with Gasteiger partial charge in [0.15, 0.2) is 5.75 Å². The molecule has 0 N–H and O–H groups in total. The van der Waals surface area contributed by atoms with E-state index in [0.717, 1.165) is 16.7 Å². The van der Waals surface area contributed by atoms with Crippen molar-refractivity contribution in [2.75, 3.05) is 0 Å². The average Bonchev–Trinajstić information content (AvgIpc) is 2.74. The molecule has 0 radical (unpaired) electrons. The van der Waals surface area contributed by atoms with Gasteiger partial charge in [-0.05, 0) is 33.7 Å². The molecule has 0 aromatic heterocycles. The zero-order valence-electron chi connectivity index (χ0n) is 15.4. The van der Waals surface area contributed by atoms with Crippen molar-refractivity contribution in [3.8, 4) is 28.0 Å². The summed E-state index contributed by atoms with van der Waals surface area (Å²) in [5, 5.41) is 0.848. The highest BCUT2D eigenvalue weighted by Gasteiger charge is 2.48. The third-order valence-corrected chi connectivity index (χ3v) is 5.60. The Kier molecular flexibility index (Phi) is 4.99. The molecule has 0 bridgehead atoms. The van der Waals surface area contributed by atoms with E-state index < -0.39 is 15.6 Å². The van der Waals surface area contributed by atoms with Crippen LogP contribution in [-0.4, -0.2) is 13.9 Å². The minimum Gasteiger partial charge on any atom is -0.375 e. The van der Waals surface area contributed by atoms with Gasteiger partial charge in [0.2, 0.25) is 0 Å². The van der Waals surface area contributed by atoms with Crippen molar-refractivity contribution in [2.24, 2.45) is 0 Å². The summed E-state index contributed by atoms with van der Waals surface area (Å²) in [6, 6.07) is 26.4. The second kappa shape index (κ2) is 7.50. The summed E-state index contributed by atoms with van der Waals surface area (Å²) in [6.07, 6.45) is 0. The van der Waals surface area contributed by atoms with Gasteiger partial charge in [0.25, 0.3) is 0 Å². The number of benzene rings is 4. The molecular weight excluding hydrogens is 413 g/mol. The Hall–Kier alpha value is -3.32. The molecule has 0 aliphatic heterocycles. The largest absolute Gasteiger partial charge is 0.534 e. The van der Waals surface area contributed by atoms with Crippen LogP contribution >= 0.6 is 0 Å². The van der Waals surface area contributed by atoms with Crippen LogP contribution in [-0.2, 0) is 10.1 Å². The predicted octanol–water partition coefficient (Wildman–Crippen LogP) is 6.40. The molecular formula is C23H15F3O3S. The van der Waals surface area contributed by atoms with Crippen LogP contribution in [0, 0.1) is 0 Å². The second-order valence-corrected chi connectivity index (χ2v) is 8.10. The lowest BCUT2D eigenvalue weighted by Crippen LogP contribution is -2.28. The SMILES string of the molecule is O=S(=O)(Oc1cc(-c2ccccc2)c(-c2ccccc2)c2ccccc12)C(F)(F)F. The summed E-state index contributed by atoms with van der Waals surface area (Å²) in [7, 11) is -5.82. The van der Waals surface area contributed by atoms with E-state index in [2.05, 4.69) is 4.18 Å². The lowest BCUT2D eigenvalue weighted by molar-refractivity contribution is -0.0499. The number of rotatable bonds is 4. The Balaban J connectivity index is 2.07. The van der Waals surface area contributed by atoms with E-state index in [1.807, 2.05) is 36.4 Å². The van der Waals surface area contributed by atoms with E-state index in [1.54, 1.807) is 42.5 Å². The number of halogens is 3. The molecule has 0 unspecified atom stereocenters. The highest BCUT2D eigenvalue weighted by Crippen LogP contribution is 2.43. The van der Waals surface area contributed by atoms with Crippen LogP contribution in [0.15, 0.2) is 91.0 Å². The van der Waals surface area contributed by atoms with Gasteiger partial charge in [-0.25, -0.2) is 0 Å². The van der Waals surface area contributed by atoms with Crippen LogP contribution in [0.1, 0.15) is 0 Å². The van der Waals surface area contributed by atoms with Crippen LogP contribution in [0.4, 0.5) is 13.2 Å². The first-order chi connectivity index (χ1) is 14.3. The fourth-order valence-electron chi connectivity index (χ4n) is 3.34.